The summed E-state index contributed by atoms with van der Waals surface area (Å²) in [5, 5.41) is 3.78. The van der Waals surface area contributed by atoms with Crippen molar-refractivity contribution in [3.8, 4) is 0 Å². The van der Waals surface area contributed by atoms with Crippen LogP contribution in [0.25, 0.3) is 0 Å². The number of hydrogen-bond acceptors (Lipinski definition) is 3. The van der Waals surface area contributed by atoms with Gasteiger partial charge in [-0.3, -0.25) is 4.79 Å². The maximum absolute atomic E-state index is 12.4. The van der Waals surface area contributed by atoms with Crippen molar-refractivity contribution in [2.24, 2.45) is 0 Å². The van der Waals surface area contributed by atoms with Gasteiger partial charge < -0.3 is 5.32 Å². The minimum Gasteiger partial charge on any atom is -0.345 e. The van der Waals surface area contributed by atoms with Crippen molar-refractivity contribution in [2.75, 3.05) is 5.75 Å². The van der Waals surface area contributed by atoms with Crippen molar-refractivity contribution in [1.82, 2.24) is 10.3 Å². The van der Waals surface area contributed by atoms with Crippen LogP contribution in [-0.2, 0) is 0 Å². The van der Waals surface area contributed by atoms with Crippen LogP contribution in [0.4, 0.5) is 0 Å². The second-order valence-electron chi connectivity index (χ2n) is 4.71. The van der Waals surface area contributed by atoms with Crippen LogP contribution in [0.15, 0.2) is 46.0 Å². The summed E-state index contributed by atoms with van der Waals surface area (Å²) in [6.45, 7) is 0. The smallest absolute Gasteiger partial charge is 0.251 e. The SMILES string of the molecule is O=C(NC1CCSc2ccc(Cl)cc21)c1ccnc(Br)c1. The molecule has 1 N–H and O–H groups in total. The van der Waals surface area contributed by atoms with Crippen LogP contribution in [0.2, 0.25) is 5.02 Å². The number of aromatic nitrogens is 1. The van der Waals surface area contributed by atoms with Crippen LogP contribution in [0.1, 0.15) is 28.4 Å². The fourth-order valence-corrected chi connectivity index (χ4v) is 3.95. The maximum atomic E-state index is 12.4. The van der Waals surface area contributed by atoms with Crippen molar-refractivity contribution in [1.29, 1.82) is 0 Å². The second-order valence-corrected chi connectivity index (χ2v) is 7.10. The van der Waals surface area contributed by atoms with E-state index in [1.807, 2.05) is 18.2 Å². The summed E-state index contributed by atoms with van der Waals surface area (Å²) in [6.07, 6.45) is 2.51. The number of thioether (sulfide) groups is 1. The number of fused-ring (bicyclic) bond motifs is 1. The summed E-state index contributed by atoms with van der Waals surface area (Å²) in [6, 6.07) is 9.26. The van der Waals surface area contributed by atoms with E-state index in [4.69, 9.17) is 11.6 Å². The molecule has 1 amide bonds. The van der Waals surface area contributed by atoms with Gasteiger partial charge in [0.25, 0.3) is 5.91 Å². The lowest BCUT2D eigenvalue weighted by Gasteiger charge is -2.26. The number of hydrogen-bond donors (Lipinski definition) is 1. The van der Waals surface area contributed by atoms with Crippen LogP contribution in [0, 0.1) is 0 Å². The highest BCUT2D eigenvalue weighted by Gasteiger charge is 2.23. The predicted molar refractivity (Wildman–Crippen MR) is 88.9 cm³/mol. The van der Waals surface area contributed by atoms with Crippen LogP contribution in [0.5, 0.6) is 0 Å². The molecule has 1 atom stereocenters. The molecule has 0 fully saturated rings. The number of nitrogens with zero attached hydrogens (tertiary/aromatic N) is 1. The molecule has 3 rings (SSSR count). The lowest BCUT2D eigenvalue weighted by molar-refractivity contribution is 0.0935. The Kier molecular flexibility index (Phi) is 4.52. The third kappa shape index (κ3) is 3.42. The Labute approximate surface area is 140 Å². The van der Waals surface area contributed by atoms with Gasteiger partial charge in [0.1, 0.15) is 4.60 Å². The first kappa shape index (κ1) is 14.9. The predicted octanol–water partition coefficient (Wildman–Crippen LogP) is 4.46. The first-order valence-electron chi connectivity index (χ1n) is 6.48. The zero-order chi connectivity index (χ0) is 14.8. The molecule has 0 saturated heterocycles. The van der Waals surface area contributed by atoms with Gasteiger partial charge in [-0.15, -0.1) is 11.8 Å². The van der Waals surface area contributed by atoms with E-state index in [9.17, 15) is 4.79 Å². The molecule has 21 heavy (non-hydrogen) atoms. The molecule has 2 aromatic rings. The molecular formula is C15H12BrClN2OS. The molecule has 2 heterocycles. The van der Waals surface area contributed by atoms with E-state index in [0.717, 1.165) is 17.7 Å². The Morgan fingerprint density at radius 2 is 2.24 bits per heavy atom. The first-order valence-corrected chi connectivity index (χ1v) is 8.64. The van der Waals surface area contributed by atoms with Crippen LogP contribution >= 0.6 is 39.3 Å². The zero-order valence-corrected chi connectivity index (χ0v) is 14.1. The molecule has 1 aromatic carbocycles. The number of halogens is 2. The van der Waals surface area contributed by atoms with Crippen molar-refractivity contribution in [3.63, 3.8) is 0 Å². The standard InChI is InChI=1S/C15H12BrClN2OS/c16-14-7-9(3-5-18-14)15(20)19-12-4-6-21-13-2-1-10(17)8-11(12)13/h1-3,5,7-8,12H,4,6H2,(H,19,20). The summed E-state index contributed by atoms with van der Waals surface area (Å²) >= 11 is 11.2. The topological polar surface area (TPSA) is 42.0 Å². The third-order valence-electron chi connectivity index (χ3n) is 3.31. The summed E-state index contributed by atoms with van der Waals surface area (Å²) in [7, 11) is 0. The number of rotatable bonds is 2. The van der Waals surface area contributed by atoms with Gasteiger partial charge in [-0.1, -0.05) is 11.6 Å². The molecule has 108 valence electrons. The summed E-state index contributed by atoms with van der Waals surface area (Å²) in [5.74, 6) is 0.889. The minimum absolute atomic E-state index is 0.000564. The highest BCUT2D eigenvalue weighted by Crippen LogP contribution is 2.37. The van der Waals surface area contributed by atoms with Gasteiger partial charge in [0.2, 0.25) is 0 Å². The van der Waals surface area contributed by atoms with Gasteiger partial charge in [-0.2, -0.15) is 0 Å². The Morgan fingerprint density at radius 3 is 3.05 bits per heavy atom. The minimum atomic E-state index is -0.0964. The fourth-order valence-electron chi connectivity index (χ4n) is 2.30. The molecule has 0 radical (unpaired) electrons. The molecule has 1 aliphatic heterocycles. The Bertz CT molecular complexity index is 695. The Morgan fingerprint density at radius 1 is 1.38 bits per heavy atom. The molecule has 6 heteroatoms. The zero-order valence-electron chi connectivity index (χ0n) is 11.0. The van der Waals surface area contributed by atoms with E-state index in [2.05, 4.69) is 26.2 Å². The van der Waals surface area contributed by atoms with Crippen LogP contribution in [0.3, 0.4) is 0 Å². The fraction of sp³-hybridized carbons (Fsp3) is 0.200. The molecule has 0 aliphatic carbocycles. The first-order chi connectivity index (χ1) is 10.1. The van der Waals surface area contributed by atoms with Gasteiger partial charge in [0, 0.05) is 27.4 Å². The number of pyridine rings is 1. The number of nitrogens with one attached hydrogen (secondary N) is 1. The van der Waals surface area contributed by atoms with E-state index in [-0.39, 0.29) is 11.9 Å². The molecule has 1 aromatic heterocycles. The molecular weight excluding hydrogens is 372 g/mol. The van der Waals surface area contributed by atoms with E-state index in [0.29, 0.717) is 15.2 Å². The van der Waals surface area contributed by atoms with Crippen molar-refractivity contribution in [2.45, 2.75) is 17.4 Å². The maximum Gasteiger partial charge on any atom is 0.251 e. The van der Waals surface area contributed by atoms with Gasteiger partial charge in [-0.25, -0.2) is 4.98 Å². The monoisotopic (exact) mass is 382 g/mol. The lowest BCUT2D eigenvalue weighted by atomic mass is 10.0. The van der Waals surface area contributed by atoms with E-state index in [1.54, 1.807) is 30.1 Å². The summed E-state index contributed by atoms with van der Waals surface area (Å²) in [5.41, 5.74) is 1.69. The number of amides is 1. The molecule has 1 unspecified atom stereocenters. The third-order valence-corrected chi connectivity index (χ3v) is 5.10. The highest BCUT2D eigenvalue weighted by molar-refractivity contribution is 9.10. The van der Waals surface area contributed by atoms with Crippen LogP contribution in [-0.4, -0.2) is 16.6 Å². The van der Waals surface area contributed by atoms with Crippen molar-refractivity contribution in [3.05, 3.63) is 57.3 Å². The lowest BCUT2D eigenvalue weighted by Crippen LogP contribution is -2.30. The van der Waals surface area contributed by atoms with Gasteiger partial charge >= 0.3 is 0 Å². The van der Waals surface area contributed by atoms with E-state index >= 15 is 0 Å². The Balaban J connectivity index is 1.83. The van der Waals surface area contributed by atoms with Gasteiger partial charge in [-0.05, 0) is 58.2 Å². The largest absolute Gasteiger partial charge is 0.345 e. The van der Waals surface area contributed by atoms with Crippen LogP contribution < -0.4 is 5.32 Å². The second kappa shape index (κ2) is 6.38. The molecule has 0 spiro atoms. The van der Waals surface area contributed by atoms with Crippen molar-refractivity contribution < 1.29 is 4.79 Å². The molecule has 0 saturated carbocycles. The summed E-state index contributed by atoms with van der Waals surface area (Å²) in [4.78, 5) is 17.6. The van der Waals surface area contributed by atoms with Crippen molar-refractivity contribution >= 4 is 45.2 Å². The number of carbonyl (C=O) groups excluding carboxylic acids is 1. The van der Waals surface area contributed by atoms with Gasteiger partial charge in [0.15, 0.2) is 0 Å². The number of benzene rings is 1. The molecule has 1 aliphatic rings. The van der Waals surface area contributed by atoms with Gasteiger partial charge in [0.05, 0.1) is 6.04 Å². The Hall–Kier alpha value is -1.04. The normalized spacial score (nSPS) is 17.1. The quantitative estimate of drug-likeness (QED) is 0.778. The average Bonchev–Trinajstić information content (AvgIpc) is 2.48. The van der Waals surface area contributed by atoms with E-state index in [1.165, 1.54) is 4.90 Å². The summed E-state index contributed by atoms with van der Waals surface area (Å²) < 4.78 is 0.651. The van der Waals surface area contributed by atoms with E-state index < -0.39 is 0 Å². The number of carbonyl (C=O) groups is 1. The molecule has 0 bridgehead atoms. The molecule has 3 nitrogen and oxygen atoms in total. The highest BCUT2D eigenvalue weighted by atomic mass is 79.9. The average molecular weight is 384 g/mol.